The molecule has 0 atom stereocenters. The summed E-state index contributed by atoms with van der Waals surface area (Å²) in [5.41, 5.74) is 1.31. The van der Waals surface area contributed by atoms with Crippen molar-refractivity contribution in [2.45, 2.75) is 26.2 Å². The summed E-state index contributed by atoms with van der Waals surface area (Å²) in [6.07, 6.45) is 0. The van der Waals surface area contributed by atoms with Crippen molar-refractivity contribution in [1.82, 2.24) is 10.2 Å². The molecule has 2 rings (SSSR count). The van der Waals surface area contributed by atoms with Gasteiger partial charge >= 0.3 is 0 Å². The van der Waals surface area contributed by atoms with E-state index >= 15 is 0 Å². The third-order valence-corrected chi connectivity index (χ3v) is 3.74. The molecule has 1 radical (unpaired) electrons. The molecule has 0 fully saturated rings. The van der Waals surface area contributed by atoms with Crippen molar-refractivity contribution in [1.29, 1.82) is 0 Å². The molecule has 0 aliphatic heterocycles. The average Bonchev–Trinajstić information content (AvgIpc) is 2.77. The maximum absolute atomic E-state index is 12.0. The fraction of sp³-hybridized carbons (Fsp3) is 0.286. The van der Waals surface area contributed by atoms with Crippen LogP contribution in [0.5, 0.6) is 0 Å². The molecule has 99 valence electrons. The summed E-state index contributed by atoms with van der Waals surface area (Å²) in [6, 6.07) is 7.13. The van der Waals surface area contributed by atoms with Crippen LogP contribution >= 0.6 is 11.3 Å². The molecule has 0 unspecified atom stereocenters. The second kappa shape index (κ2) is 5.09. The van der Waals surface area contributed by atoms with E-state index in [-0.39, 0.29) is 11.3 Å². The molecule has 5 heteroatoms. The predicted octanol–water partition coefficient (Wildman–Crippen LogP) is 3.27. The van der Waals surface area contributed by atoms with Gasteiger partial charge in [-0.15, -0.1) is 10.2 Å². The van der Waals surface area contributed by atoms with E-state index in [1.165, 1.54) is 11.3 Å². The van der Waals surface area contributed by atoms with Gasteiger partial charge in [0.05, 0.1) is 0 Å². The zero-order chi connectivity index (χ0) is 14.0. The Bertz CT molecular complexity index is 599. The van der Waals surface area contributed by atoms with Gasteiger partial charge in [0, 0.05) is 11.0 Å². The summed E-state index contributed by atoms with van der Waals surface area (Å²) >= 11 is 1.40. The molecule has 0 spiro atoms. The SMILES string of the molecule is [CH2]c1cccc(C(=O)Nc2nnc(C(C)(C)C)s2)c1. The fourth-order valence-electron chi connectivity index (χ4n) is 1.46. The Morgan fingerprint density at radius 2 is 2.05 bits per heavy atom. The number of hydrogen-bond acceptors (Lipinski definition) is 4. The molecule has 0 aliphatic carbocycles. The van der Waals surface area contributed by atoms with Gasteiger partial charge in [-0.3, -0.25) is 10.1 Å². The van der Waals surface area contributed by atoms with Crippen molar-refractivity contribution in [2.24, 2.45) is 0 Å². The number of hydrogen-bond donors (Lipinski definition) is 1. The van der Waals surface area contributed by atoms with Gasteiger partial charge in [0.25, 0.3) is 5.91 Å². The lowest BCUT2D eigenvalue weighted by molar-refractivity contribution is 0.102. The summed E-state index contributed by atoms with van der Waals surface area (Å²) in [7, 11) is 0. The molecule has 1 amide bonds. The van der Waals surface area contributed by atoms with E-state index in [0.717, 1.165) is 10.6 Å². The predicted molar refractivity (Wildman–Crippen MR) is 77.5 cm³/mol. The van der Waals surface area contributed by atoms with Crippen LogP contribution in [0.2, 0.25) is 0 Å². The van der Waals surface area contributed by atoms with Gasteiger partial charge in [0.2, 0.25) is 5.13 Å². The van der Waals surface area contributed by atoms with Crippen LogP contribution in [0.1, 0.15) is 41.7 Å². The third kappa shape index (κ3) is 3.38. The molecule has 1 aromatic heterocycles. The van der Waals surface area contributed by atoms with Gasteiger partial charge in [-0.1, -0.05) is 44.2 Å². The van der Waals surface area contributed by atoms with Gasteiger partial charge < -0.3 is 0 Å². The van der Waals surface area contributed by atoms with E-state index < -0.39 is 0 Å². The summed E-state index contributed by atoms with van der Waals surface area (Å²) in [4.78, 5) is 12.0. The first kappa shape index (κ1) is 13.7. The molecule has 1 heterocycles. The van der Waals surface area contributed by atoms with Gasteiger partial charge in [-0.25, -0.2) is 0 Å². The van der Waals surface area contributed by atoms with Crippen LogP contribution < -0.4 is 5.32 Å². The number of benzene rings is 1. The molecular formula is C14H16N3OS. The van der Waals surface area contributed by atoms with Crippen LogP contribution in [0.3, 0.4) is 0 Å². The lowest BCUT2D eigenvalue weighted by Gasteiger charge is -2.12. The molecule has 0 saturated carbocycles. The first-order valence-corrected chi connectivity index (χ1v) is 6.75. The number of nitrogens with one attached hydrogen (secondary N) is 1. The standard InChI is InChI=1S/C14H16N3OS/c1-9-6-5-7-10(8-9)11(18)15-13-17-16-12(19-13)14(2,3)4/h5-8H,1H2,2-4H3,(H,15,17,18). The van der Waals surface area contributed by atoms with Gasteiger partial charge in [0.15, 0.2) is 0 Å². The van der Waals surface area contributed by atoms with Gasteiger partial charge in [-0.2, -0.15) is 0 Å². The molecule has 0 saturated heterocycles. The number of aromatic nitrogens is 2. The summed E-state index contributed by atoms with van der Waals surface area (Å²) in [5.74, 6) is -0.192. The maximum atomic E-state index is 12.0. The van der Waals surface area contributed by atoms with Crippen LogP contribution in [0, 0.1) is 6.92 Å². The van der Waals surface area contributed by atoms with Crippen molar-refractivity contribution in [2.75, 3.05) is 5.32 Å². The second-order valence-electron chi connectivity index (χ2n) is 5.32. The van der Waals surface area contributed by atoms with Crippen molar-refractivity contribution < 1.29 is 4.79 Å². The topological polar surface area (TPSA) is 54.9 Å². The molecule has 1 aromatic carbocycles. The number of nitrogens with zero attached hydrogens (tertiary/aromatic N) is 2. The highest BCUT2D eigenvalue weighted by molar-refractivity contribution is 7.15. The minimum atomic E-state index is -0.192. The summed E-state index contributed by atoms with van der Waals surface area (Å²) in [5, 5.41) is 12.3. The van der Waals surface area contributed by atoms with E-state index in [4.69, 9.17) is 0 Å². The number of anilines is 1. The first-order valence-electron chi connectivity index (χ1n) is 5.93. The van der Waals surface area contributed by atoms with Crippen LogP contribution in [0.4, 0.5) is 5.13 Å². The fourth-order valence-corrected chi connectivity index (χ4v) is 2.26. The Hall–Kier alpha value is -1.75. The highest BCUT2D eigenvalue weighted by Crippen LogP contribution is 2.27. The molecule has 2 aromatic rings. The average molecular weight is 274 g/mol. The summed E-state index contributed by atoms with van der Waals surface area (Å²) < 4.78 is 0. The number of rotatable bonds is 2. The quantitative estimate of drug-likeness (QED) is 0.914. The molecule has 1 N–H and O–H groups in total. The highest BCUT2D eigenvalue weighted by atomic mass is 32.1. The zero-order valence-electron chi connectivity index (χ0n) is 11.2. The molecule has 4 nitrogen and oxygen atoms in total. The van der Waals surface area contributed by atoms with Crippen molar-refractivity contribution >= 4 is 22.4 Å². The van der Waals surface area contributed by atoms with Crippen molar-refractivity contribution in [3.05, 3.63) is 47.3 Å². The smallest absolute Gasteiger partial charge is 0.257 e. The lowest BCUT2D eigenvalue weighted by Crippen LogP contribution is -2.11. The Kier molecular flexibility index (Phi) is 3.66. The first-order chi connectivity index (χ1) is 8.86. The molecule has 0 aliphatic rings. The molecule has 0 bridgehead atoms. The van der Waals surface area contributed by atoms with Crippen molar-refractivity contribution in [3.63, 3.8) is 0 Å². The second-order valence-corrected chi connectivity index (χ2v) is 6.29. The van der Waals surface area contributed by atoms with E-state index in [2.05, 4.69) is 43.2 Å². The van der Waals surface area contributed by atoms with Crippen LogP contribution in [-0.2, 0) is 5.41 Å². The minimum absolute atomic E-state index is 0.0616. The normalized spacial score (nSPS) is 11.4. The zero-order valence-corrected chi connectivity index (χ0v) is 12.0. The van der Waals surface area contributed by atoms with Crippen LogP contribution in [-0.4, -0.2) is 16.1 Å². The van der Waals surface area contributed by atoms with E-state index in [0.29, 0.717) is 10.7 Å². The van der Waals surface area contributed by atoms with E-state index in [9.17, 15) is 4.79 Å². The third-order valence-electron chi connectivity index (χ3n) is 2.48. The Morgan fingerprint density at radius 1 is 1.32 bits per heavy atom. The minimum Gasteiger partial charge on any atom is -0.296 e. The Balaban J connectivity index is 2.13. The van der Waals surface area contributed by atoms with Crippen LogP contribution in [0.15, 0.2) is 24.3 Å². The Labute approximate surface area is 116 Å². The number of amides is 1. The van der Waals surface area contributed by atoms with Crippen molar-refractivity contribution in [3.8, 4) is 0 Å². The van der Waals surface area contributed by atoms with E-state index in [1.54, 1.807) is 18.2 Å². The molecule has 19 heavy (non-hydrogen) atoms. The number of carbonyl (C=O) groups excluding carboxylic acids is 1. The maximum Gasteiger partial charge on any atom is 0.257 e. The Morgan fingerprint density at radius 3 is 2.63 bits per heavy atom. The highest BCUT2D eigenvalue weighted by Gasteiger charge is 2.20. The van der Waals surface area contributed by atoms with Crippen LogP contribution in [0.25, 0.3) is 0 Å². The van der Waals surface area contributed by atoms with Gasteiger partial charge in [-0.05, 0) is 24.6 Å². The lowest BCUT2D eigenvalue weighted by atomic mass is 9.98. The largest absolute Gasteiger partial charge is 0.296 e. The van der Waals surface area contributed by atoms with E-state index in [1.807, 2.05) is 6.07 Å². The summed E-state index contributed by atoms with van der Waals surface area (Å²) in [6.45, 7) is 9.98. The molecular weight excluding hydrogens is 258 g/mol. The number of carbonyl (C=O) groups is 1. The van der Waals surface area contributed by atoms with Gasteiger partial charge in [0.1, 0.15) is 5.01 Å². The monoisotopic (exact) mass is 274 g/mol.